The minimum Gasteiger partial charge on any atom is -1.00 e. The maximum atomic E-state index is 2.25. The molecule has 0 saturated heterocycles. The zero-order valence-electron chi connectivity index (χ0n) is 9.31. The molecule has 0 aromatic carbocycles. The van der Waals surface area contributed by atoms with E-state index in [1.54, 1.807) is 0 Å². The van der Waals surface area contributed by atoms with Crippen LogP contribution in [0.5, 0.6) is 0 Å². The third-order valence-electron chi connectivity index (χ3n) is 1.56. The van der Waals surface area contributed by atoms with Crippen molar-refractivity contribution in [2.45, 2.75) is 46.0 Å². The number of hydrogen-bond acceptors (Lipinski definition) is 0. The molecule has 0 radical (unpaired) electrons. The molecule has 3 heteroatoms. The molecule has 0 atom stereocenters. The molecule has 0 bridgehead atoms. The molecule has 0 amide bonds. The van der Waals surface area contributed by atoms with E-state index in [0.717, 1.165) is 0 Å². The molecule has 0 nitrogen and oxygen atoms in total. The molecule has 14 heavy (non-hydrogen) atoms. The summed E-state index contributed by atoms with van der Waals surface area (Å²) in [5, 5.41) is 0. The fraction of sp³-hybridized carbons (Fsp3) is 0.636. The van der Waals surface area contributed by atoms with Crippen molar-refractivity contribution in [1.29, 1.82) is 0 Å². The molecule has 0 aliphatic rings. The van der Waals surface area contributed by atoms with E-state index in [2.05, 4.69) is 38.2 Å². The van der Waals surface area contributed by atoms with Crippen LogP contribution in [0.25, 0.3) is 0 Å². The van der Waals surface area contributed by atoms with Gasteiger partial charge in [-0.2, -0.15) is 0 Å². The molecule has 0 N–H and O–H groups in total. The summed E-state index contributed by atoms with van der Waals surface area (Å²) < 4.78 is 0. The second-order valence-electron chi connectivity index (χ2n) is 2.79. The molecule has 80 valence electrons. The predicted octanol–water partition coefficient (Wildman–Crippen LogP) is -2.28. The van der Waals surface area contributed by atoms with Crippen LogP contribution in [0.15, 0.2) is 24.3 Å². The third kappa shape index (κ3) is 23.5. The molecular formula is C11H20I2Mg. The Morgan fingerprint density at radius 1 is 0.786 bits per heavy atom. The van der Waals surface area contributed by atoms with Crippen molar-refractivity contribution in [3.8, 4) is 0 Å². The number of unbranched alkanes of at least 4 members (excludes halogenated alkanes) is 3. The monoisotopic (exact) mass is 430 g/mol. The van der Waals surface area contributed by atoms with Gasteiger partial charge in [0.2, 0.25) is 0 Å². The van der Waals surface area contributed by atoms with Gasteiger partial charge in [0.15, 0.2) is 0 Å². The SMILES string of the molecule is CCC/C=C/C=C\CCCC.[I-].[I-].[Mg+2]. The topological polar surface area (TPSA) is 0 Å². The standard InChI is InChI=1S/C11H20.2HI.Mg/c1-3-5-7-9-11-10-8-6-4-2;;;/h7,9-11H,3-6,8H2,1-2H3;2*1H;/q;;;+2/p-2/b9-7+,11-10-;;;. The van der Waals surface area contributed by atoms with Gasteiger partial charge in [0, 0.05) is 0 Å². The molecule has 0 fully saturated rings. The van der Waals surface area contributed by atoms with Gasteiger partial charge in [-0.1, -0.05) is 57.4 Å². The van der Waals surface area contributed by atoms with Crippen LogP contribution < -0.4 is 48.0 Å². The number of hydrogen-bond donors (Lipinski definition) is 0. The molecule has 0 saturated carbocycles. The summed E-state index contributed by atoms with van der Waals surface area (Å²) in [5.74, 6) is 0. The summed E-state index contributed by atoms with van der Waals surface area (Å²) in [5.41, 5.74) is 0. The van der Waals surface area contributed by atoms with E-state index in [-0.39, 0.29) is 71.0 Å². The normalized spacial score (nSPS) is 9.29. The zero-order valence-corrected chi connectivity index (χ0v) is 15.0. The number of rotatable bonds is 6. The van der Waals surface area contributed by atoms with E-state index < -0.39 is 0 Å². The van der Waals surface area contributed by atoms with E-state index in [9.17, 15) is 0 Å². The van der Waals surface area contributed by atoms with Gasteiger partial charge in [-0.15, -0.1) is 0 Å². The molecule has 0 aliphatic heterocycles. The van der Waals surface area contributed by atoms with Crippen molar-refractivity contribution in [3.63, 3.8) is 0 Å². The predicted molar refractivity (Wildman–Crippen MR) is 58.5 cm³/mol. The smallest absolute Gasteiger partial charge is 1.00 e. The van der Waals surface area contributed by atoms with E-state index in [1.165, 1.54) is 32.1 Å². The number of allylic oxidation sites excluding steroid dienone is 4. The van der Waals surface area contributed by atoms with Crippen LogP contribution >= 0.6 is 0 Å². The Morgan fingerprint density at radius 3 is 1.71 bits per heavy atom. The summed E-state index contributed by atoms with van der Waals surface area (Å²) in [7, 11) is 0. The molecular weight excluding hydrogens is 410 g/mol. The van der Waals surface area contributed by atoms with Gasteiger partial charge < -0.3 is 48.0 Å². The van der Waals surface area contributed by atoms with Gasteiger partial charge >= 0.3 is 23.1 Å². The Balaban J connectivity index is -0.000000167. The first kappa shape index (κ1) is 24.8. The van der Waals surface area contributed by atoms with E-state index in [1.807, 2.05) is 0 Å². The van der Waals surface area contributed by atoms with E-state index >= 15 is 0 Å². The van der Waals surface area contributed by atoms with Crippen molar-refractivity contribution in [2.75, 3.05) is 0 Å². The number of halogens is 2. The van der Waals surface area contributed by atoms with Gasteiger partial charge in [0.25, 0.3) is 0 Å². The first-order valence-electron chi connectivity index (χ1n) is 4.73. The Labute approximate surface area is 140 Å². The average Bonchev–Trinajstić information content (AvgIpc) is 2.03. The quantitative estimate of drug-likeness (QED) is 0.193. The van der Waals surface area contributed by atoms with Gasteiger partial charge in [-0.05, 0) is 12.8 Å². The summed E-state index contributed by atoms with van der Waals surface area (Å²) in [6.07, 6.45) is 15.1. The first-order valence-corrected chi connectivity index (χ1v) is 4.73. The van der Waals surface area contributed by atoms with Crippen LogP contribution in [0.2, 0.25) is 0 Å². The Bertz CT molecular complexity index is 122. The van der Waals surface area contributed by atoms with Crippen LogP contribution in [0, 0.1) is 0 Å². The van der Waals surface area contributed by atoms with E-state index in [0.29, 0.717) is 0 Å². The minimum atomic E-state index is 0. The third-order valence-corrected chi connectivity index (χ3v) is 1.56. The fourth-order valence-electron chi connectivity index (χ4n) is 0.838. The van der Waals surface area contributed by atoms with Crippen molar-refractivity contribution in [3.05, 3.63) is 24.3 Å². The van der Waals surface area contributed by atoms with Crippen molar-refractivity contribution in [1.82, 2.24) is 0 Å². The first-order chi connectivity index (χ1) is 5.41. The Hall–Kier alpha value is 1.71. The summed E-state index contributed by atoms with van der Waals surface area (Å²) in [4.78, 5) is 0. The zero-order chi connectivity index (χ0) is 8.36. The minimum absolute atomic E-state index is 0. The van der Waals surface area contributed by atoms with E-state index in [4.69, 9.17) is 0 Å². The summed E-state index contributed by atoms with van der Waals surface area (Å²) >= 11 is 0. The molecule has 0 rings (SSSR count). The van der Waals surface area contributed by atoms with Gasteiger partial charge in [-0.25, -0.2) is 0 Å². The molecule has 0 aromatic rings. The second kappa shape index (κ2) is 24.1. The Morgan fingerprint density at radius 2 is 1.29 bits per heavy atom. The molecule has 0 heterocycles. The maximum absolute atomic E-state index is 2.25. The van der Waals surface area contributed by atoms with Crippen LogP contribution in [-0.4, -0.2) is 23.1 Å². The van der Waals surface area contributed by atoms with Gasteiger partial charge in [0.05, 0.1) is 0 Å². The van der Waals surface area contributed by atoms with Gasteiger partial charge in [-0.3, -0.25) is 0 Å². The van der Waals surface area contributed by atoms with Crippen LogP contribution in [0.3, 0.4) is 0 Å². The average molecular weight is 430 g/mol. The molecule has 0 aromatic heterocycles. The van der Waals surface area contributed by atoms with Crippen LogP contribution in [0.4, 0.5) is 0 Å². The summed E-state index contributed by atoms with van der Waals surface area (Å²) in [6, 6.07) is 0. The fourth-order valence-corrected chi connectivity index (χ4v) is 0.838. The molecule has 0 unspecified atom stereocenters. The molecule has 0 aliphatic carbocycles. The second-order valence-corrected chi connectivity index (χ2v) is 2.79. The van der Waals surface area contributed by atoms with Gasteiger partial charge in [0.1, 0.15) is 0 Å². The van der Waals surface area contributed by atoms with Crippen LogP contribution in [-0.2, 0) is 0 Å². The Kier molecular flexibility index (Phi) is 42.7. The van der Waals surface area contributed by atoms with Crippen LogP contribution in [0.1, 0.15) is 46.0 Å². The summed E-state index contributed by atoms with van der Waals surface area (Å²) in [6.45, 7) is 4.42. The molecule has 0 spiro atoms. The maximum Gasteiger partial charge on any atom is 2.00 e. The largest absolute Gasteiger partial charge is 2.00 e. The van der Waals surface area contributed by atoms with Crippen molar-refractivity contribution in [2.24, 2.45) is 0 Å². The van der Waals surface area contributed by atoms with Crippen molar-refractivity contribution < 1.29 is 48.0 Å². The van der Waals surface area contributed by atoms with Crippen molar-refractivity contribution >= 4 is 23.1 Å².